The maximum absolute atomic E-state index is 10.8. The van der Waals surface area contributed by atoms with Crippen LogP contribution in [-0.2, 0) is 4.79 Å². The molecule has 2 heteroatoms. The van der Waals surface area contributed by atoms with E-state index in [1.165, 1.54) is 64.2 Å². The summed E-state index contributed by atoms with van der Waals surface area (Å²) in [5.41, 5.74) is 5.88. The first-order valence-corrected chi connectivity index (χ1v) is 9.95. The van der Waals surface area contributed by atoms with Gasteiger partial charge < -0.3 is 5.73 Å². The number of unbranched alkanes of at least 4 members (excludes halogenated alkanes) is 10. The lowest BCUT2D eigenvalue weighted by Gasteiger charge is -2.00. The number of hydrogen-bond donors (Lipinski definition) is 1. The SMILES string of the molecule is CCCCC/C=C\C/C=C\CCCCCCCCC=C(C)C(N)=O. The number of amides is 1. The maximum Gasteiger partial charge on any atom is 0.244 e. The molecule has 0 atom stereocenters. The molecular weight excluding hydrogens is 294 g/mol. The molecule has 0 radical (unpaired) electrons. The van der Waals surface area contributed by atoms with E-state index in [1.54, 1.807) is 6.92 Å². The zero-order valence-electron chi connectivity index (χ0n) is 16.1. The molecule has 0 saturated heterocycles. The fourth-order valence-electron chi connectivity index (χ4n) is 2.55. The Balaban J connectivity index is 3.29. The Kier molecular flexibility index (Phi) is 17.1. The normalized spacial score (nSPS) is 12.5. The van der Waals surface area contributed by atoms with E-state index in [0.717, 1.165) is 19.3 Å². The first-order valence-electron chi connectivity index (χ1n) is 9.95. The molecule has 0 spiro atoms. The van der Waals surface area contributed by atoms with E-state index in [0.29, 0.717) is 5.57 Å². The Morgan fingerprint density at radius 1 is 0.750 bits per heavy atom. The summed E-state index contributed by atoms with van der Waals surface area (Å²) >= 11 is 0. The van der Waals surface area contributed by atoms with Crippen molar-refractivity contribution in [3.63, 3.8) is 0 Å². The number of primary amides is 1. The second kappa shape index (κ2) is 18.0. The molecule has 24 heavy (non-hydrogen) atoms. The fourth-order valence-corrected chi connectivity index (χ4v) is 2.55. The van der Waals surface area contributed by atoms with Gasteiger partial charge >= 0.3 is 0 Å². The topological polar surface area (TPSA) is 43.1 Å². The van der Waals surface area contributed by atoms with Crippen molar-refractivity contribution in [3.8, 4) is 0 Å². The van der Waals surface area contributed by atoms with Crippen LogP contribution in [0.15, 0.2) is 36.0 Å². The monoisotopic (exact) mass is 333 g/mol. The molecule has 0 aliphatic rings. The second-order valence-electron chi connectivity index (χ2n) is 6.62. The van der Waals surface area contributed by atoms with E-state index in [4.69, 9.17) is 5.73 Å². The van der Waals surface area contributed by atoms with Gasteiger partial charge in [-0.1, -0.05) is 75.8 Å². The quantitative estimate of drug-likeness (QED) is 0.192. The van der Waals surface area contributed by atoms with Crippen LogP contribution in [0.5, 0.6) is 0 Å². The van der Waals surface area contributed by atoms with Gasteiger partial charge in [-0.25, -0.2) is 0 Å². The summed E-state index contributed by atoms with van der Waals surface area (Å²) in [5, 5.41) is 0. The van der Waals surface area contributed by atoms with Gasteiger partial charge in [0.05, 0.1) is 0 Å². The number of rotatable bonds is 16. The van der Waals surface area contributed by atoms with Gasteiger partial charge in [0.25, 0.3) is 0 Å². The van der Waals surface area contributed by atoms with E-state index in [1.807, 2.05) is 6.08 Å². The summed E-state index contributed by atoms with van der Waals surface area (Å²) in [6.07, 6.45) is 27.4. The number of carbonyl (C=O) groups is 1. The molecule has 2 nitrogen and oxygen atoms in total. The Bertz CT molecular complexity index is 379. The molecule has 0 aliphatic carbocycles. The summed E-state index contributed by atoms with van der Waals surface area (Å²) in [7, 11) is 0. The van der Waals surface area contributed by atoms with Gasteiger partial charge in [-0.15, -0.1) is 0 Å². The molecule has 1 amide bonds. The average molecular weight is 334 g/mol. The van der Waals surface area contributed by atoms with Crippen LogP contribution in [0.4, 0.5) is 0 Å². The highest BCUT2D eigenvalue weighted by Gasteiger charge is 1.95. The molecule has 0 heterocycles. The van der Waals surface area contributed by atoms with Gasteiger partial charge in [-0.3, -0.25) is 4.79 Å². The van der Waals surface area contributed by atoms with Gasteiger partial charge in [0.1, 0.15) is 0 Å². The fraction of sp³-hybridized carbons (Fsp3) is 0.682. The van der Waals surface area contributed by atoms with Crippen molar-refractivity contribution in [3.05, 3.63) is 36.0 Å². The largest absolute Gasteiger partial charge is 0.366 e. The number of nitrogens with two attached hydrogens (primary N) is 1. The van der Waals surface area contributed by atoms with E-state index in [9.17, 15) is 4.79 Å². The van der Waals surface area contributed by atoms with Gasteiger partial charge in [-0.2, -0.15) is 0 Å². The van der Waals surface area contributed by atoms with Crippen molar-refractivity contribution in [2.24, 2.45) is 5.73 Å². The molecular formula is C22H39NO. The summed E-state index contributed by atoms with van der Waals surface area (Å²) in [6.45, 7) is 4.04. The smallest absolute Gasteiger partial charge is 0.244 e. The summed E-state index contributed by atoms with van der Waals surface area (Å²) in [4.78, 5) is 10.8. The Morgan fingerprint density at radius 3 is 1.79 bits per heavy atom. The molecule has 0 unspecified atom stereocenters. The molecule has 0 bridgehead atoms. The second-order valence-corrected chi connectivity index (χ2v) is 6.62. The number of allylic oxidation sites excluding steroid dienone is 5. The molecule has 2 N–H and O–H groups in total. The molecule has 0 saturated carbocycles. The van der Waals surface area contributed by atoms with Crippen LogP contribution >= 0.6 is 0 Å². The molecule has 0 aromatic rings. The maximum atomic E-state index is 10.8. The molecule has 0 aromatic heterocycles. The minimum Gasteiger partial charge on any atom is -0.366 e. The highest BCUT2D eigenvalue weighted by molar-refractivity contribution is 5.91. The minimum atomic E-state index is -0.296. The molecule has 0 aliphatic heterocycles. The van der Waals surface area contributed by atoms with Crippen LogP contribution in [0.1, 0.15) is 97.3 Å². The highest BCUT2D eigenvalue weighted by Crippen LogP contribution is 2.10. The number of hydrogen-bond acceptors (Lipinski definition) is 1. The lowest BCUT2D eigenvalue weighted by molar-refractivity contribution is -0.114. The molecule has 0 aromatic carbocycles. The zero-order chi connectivity index (χ0) is 17.9. The Morgan fingerprint density at radius 2 is 1.25 bits per heavy atom. The van der Waals surface area contributed by atoms with Crippen molar-refractivity contribution in [1.82, 2.24) is 0 Å². The minimum absolute atomic E-state index is 0.296. The van der Waals surface area contributed by atoms with Gasteiger partial charge in [-0.05, 0) is 51.9 Å². The first kappa shape index (κ1) is 22.7. The highest BCUT2D eigenvalue weighted by atomic mass is 16.1. The standard InChI is InChI=1S/C22H39NO/c1-3-4-5-6-7-8-9-10-11-12-13-14-15-16-17-18-19-20-21(2)22(23)24/h7-8,10-11,20H,3-6,9,12-19H2,1-2H3,(H2,23,24)/b8-7-,11-10-,21-20?. The predicted molar refractivity (Wildman–Crippen MR) is 107 cm³/mol. The van der Waals surface area contributed by atoms with Gasteiger partial charge in [0.15, 0.2) is 0 Å². The average Bonchev–Trinajstić information content (AvgIpc) is 2.57. The van der Waals surface area contributed by atoms with E-state index >= 15 is 0 Å². The van der Waals surface area contributed by atoms with E-state index in [-0.39, 0.29) is 5.91 Å². The number of carbonyl (C=O) groups excluding carboxylic acids is 1. The lowest BCUT2D eigenvalue weighted by atomic mass is 10.1. The van der Waals surface area contributed by atoms with Crippen LogP contribution in [0.25, 0.3) is 0 Å². The lowest BCUT2D eigenvalue weighted by Crippen LogP contribution is -2.11. The summed E-state index contributed by atoms with van der Waals surface area (Å²) < 4.78 is 0. The third-order valence-electron chi connectivity index (χ3n) is 4.24. The van der Waals surface area contributed by atoms with Crippen molar-refractivity contribution < 1.29 is 4.79 Å². The summed E-state index contributed by atoms with van der Waals surface area (Å²) in [6, 6.07) is 0. The van der Waals surface area contributed by atoms with Gasteiger partial charge in [0.2, 0.25) is 5.91 Å². The van der Waals surface area contributed by atoms with Crippen LogP contribution in [-0.4, -0.2) is 5.91 Å². The molecule has 0 fully saturated rings. The van der Waals surface area contributed by atoms with Crippen molar-refractivity contribution in [2.75, 3.05) is 0 Å². The molecule has 0 rings (SSSR count). The Hall–Kier alpha value is -1.31. The van der Waals surface area contributed by atoms with E-state index in [2.05, 4.69) is 31.2 Å². The molecule has 138 valence electrons. The van der Waals surface area contributed by atoms with Crippen LogP contribution < -0.4 is 5.73 Å². The van der Waals surface area contributed by atoms with Crippen molar-refractivity contribution >= 4 is 5.91 Å². The predicted octanol–water partition coefficient (Wildman–Crippen LogP) is 6.62. The van der Waals surface area contributed by atoms with Crippen LogP contribution in [0.2, 0.25) is 0 Å². The van der Waals surface area contributed by atoms with Crippen molar-refractivity contribution in [1.29, 1.82) is 0 Å². The summed E-state index contributed by atoms with van der Waals surface area (Å²) in [5.74, 6) is -0.296. The third kappa shape index (κ3) is 17.1. The Labute approximate surface area is 150 Å². The van der Waals surface area contributed by atoms with Crippen molar-refractivity contribution in [2.45, 2.75) is 97.3 Å². The zero-order valence-corrected chi connectivity index (χ0v) is 16.1. The third-order valence-corrected chi connectivity index (χ3v) is 4.24. The van der Waals surface area contributed by atoms with Gasteiger partial charge in [0, 0.05) is 5.57 Å². The van der Waals surface area contributed by atoms with Crippen LogP contribution in [0.3, 0.4) is 0 Å². The van der Waals surface area contributed by atoms with E-state index < -0.39 is 0 Å². The van der Waals surface area contributed by atoms with Crippen LogP contribution in [0, 0.1) is 0 Å². The first-order chi connectivity index (χ1) is 11.7.